The van der Waals surface area contributed by atoms with Crippen LogP contribution in [0.4, 0.5) is 14.9 Å². The number of hydrogen-bond acceptors (Lipinski definition) is 4. The Bertz CT molecular complexity index is 954. The molecular weight excluding hydrogens is 478 g/mol. The van der Waals surface area contributed by atoms with E-state index in [1.807, 2.05) is 4.90 Å². The first-order valence-electron chi connectivity index (χ1n) is 11.8. The van der Waals surface area contributed by atoms with Gasteiger partial charge in [0, 0.05) is 51.5 Å². The fraction of sp³-hybridized carbons (Fsp3) is 0.480. The van der Waals surface area contributed by atoms with Crippen molar-refractivity contribution in [2.75, 3.05) is 64.3 Å². The van der Waals surface area contributed by atoms with Crippen LogP contribution in [0.15, 0.2) is 42.5 Å². The predicted molar refractivity (Wildman–Crippen MR) is 135 cm³/mol. The Morgan fingerprint density at radius 3 is 2.50 bits per heavy atom. The lowest BCUT2D eigenvalue weighted by Gasteiger charge is -2.39. The van der Waals surface area contributed by atoms with Crippen LogP contribution in [-0.2, 0) is 0 Å². The molecule has 4 rings (SSSR count). The standard InChI is InChI=1S/C25H31Cl2FN4O2/c26-23-8-5-21(16-24(23)27)29-25(33)32-12-10-31(11-13-32)18-19-2-1-9-30(17-19)14-15-34-22-6-3-20(28)4-7-22/h3-8,16,19H,1-2,9-15,17-18H2,(H,29,33)/t19-/m1/s1. The number of rotatable bonds is 7. The number of halogens is 3. The number of likely N-dealkylation sites (tertiary alicyclic amines) is 1. The van der Waals surface area contributed by atoms with Gasteiger partial charge in [0.05, 0.1) is 10.0 Å². The molecule has 34 heavy (non-hydrogen) atoms. The number of piperidine rings is 1. The zero-order valence-corrected chi connectivity index (χ0v) is 20.7. The minimum Gasteiger partial charge on any atom is -0.492 e. The summed E-state index contributed by atoms with van der Waals surface area (Å²) in [7, 11) is 0. The molecule has 2 fully saturated rings. The minimum atomic E-state index is -0.251. The number of anilines is 1. The molecule has 0 aliphatic carbocycles. The van der Waals surface area contributed by atoms with E-state index in [4.69, 9.17) is 27.9 Å². The van der Waals surface area contributed by atoms with E-state index in [0.717, 1.165) is 39.3 Å². The first-order valence-corrected chi connectivity index (χ1v) is 12.6. The van der Waals surface area contributed by atoms with E-state index < -0.39 is 0 Å². The van der Waals surface area contributed by atoms with Gasteiger partial charge in [0.15, 0.2) is 0 Å². The Kier molecular flexibility index (Phi) is 8.89. The molecule has 0 bridgehead atoms. The molecule has 2 aliphatic rings. The van der Waals surface area contributed by atoms with Gasteiger partial charge < -0.3 is 15.0 Å². The maximum absolute atomic E-state index is 13.0. The Morgan fingerprint density at radius 2 is 1.76 bits per heavy atom. The second kappa shape index (κ2) is 12.1. The summed E-state index contributed by atoms with van der Waals surface area (Å²) in [4.78, 5) is 19.4. The van der Waals surface area contributed by atoms with Crippen LogP contribution in [0, 0.1) is 11.7 Å². The van der Waals surface area contributed by atoms with Crippen LogP contribution < -0.4 is 10.1 Å². The molecule has 0 radical (unpaired) electrons. The fourth-order valence-electron chi connectivity index (χ4n) is 4.60. The summed E-state index contributed by atoms with van der Waals surface area (Å²) in [6, 6.07) is 11.2. The zero-order chi connectivity index (χ0) is 23.9. The average Bonchev–Trinajstić information content (AvgIpc) is 2.83. The molecule has 2 heterocycles. The molecule has 0 aromatic heterocycles. The van der Waals surface area contributed by atoms with Crippen molar-refractivity contribution >= 4 is 34.9 Å². The lowest BCUT2D eigenvalue weighted by atomic mass is 9.97. The third kappa shape index (κ3) is 7.22. The molecule has 0 spiro atoms. The number of piperazine rings is 1. The Labute approximate surface area is 210 Å². The molecule has 2 saturated heterocycles. The third-order valence-electron chi connectivity index (χ3n) is 6.44. The highest BCUT2D eigenvalue weighted by atomic mass is 35.5. The zero-order valence-electron chi connectivity index (χ0n) is 19.2. The number of amides is 2. The molecule has 0 unspecified atom stereocenters. The van der Waals surface area contributed by atoms with Crippen molar-refractivity contribution in [2.45, 2.75) is 12.8 Å². The normalized spacial score (nSPS) is 19.7. The highest BCUT2D eigenvalue weighted by molar-refractivity contribution is 6.42. The number of urea groups is 1. The smallest absolute Gasteiger partial charge is 0.321 e. The summed E-state index contributed by atoms with van der Waals surface area (Å²) in [5.41, 5.74) is 0.646. The van der Waals surface area contributed by atoms with Crippen molar-refractivity contribution in [3.05, 3.63) is 58.3 Å². The first kappa shape index (κ1) is 25.0. The number of hydrogen-bond donors (Lipinski definition) is 1. The van der Waals surface area contributed by atoms with E-state index >= 15 is 0 Å². The topological polar surface area (TPSA) is 48.1 Å². The number of benzene rings is 2. The van der Waals surface area contributed by atoms with E-state index in [-0.39, 0.29) is 11.8 Å². The Hall–Kier alpha value is -2.06. The third-order valence-corrected chi connectivity index (χ3v) is 7.18. The van der Waals surface area contributed by atoms with Gasteiger partial charge in [0.2, 0.25) is 0 Å². The molecular formula is C25H31Cl2FN4O2. The minimum absolute atomic E-state index is 0.108. The first-order chi connectivity index (χ1) is 16.5. The van der Waals surface area contributed by atoms with Crippen molar-refractivity contribution in [3.8, 4) is 5.75 Å². The van der Waals surface area contributed by atoms with E-state index in [2.05, 4.69) is 15.1 Å². The molecule has 9 heteroatoms. The van der Waals surface area contributed by atoms with Gasteiger partial charge in [0.25, 0.3) is 0 Å². The molecule has 2 aromatic carbocycles. The lowest BCUT2D eigenvalue weighted by Crippen LogP contribution is -2.52. The second-order valence-corrected chi connectivity index (χ2v) is 9.77. The fourth-order valence-corrected chi connectivity index (χ4v) is 4.90. The van der Waals surface area contributed by atoms with Crippen LogP contribution in [-0.4, -0.2) is 79.7 Å². The molecule has 184 valence electrons. The molecule has 1 atom stereocenters. The number of carbonyl (C=O) groups excluding carboxylic acids is 1. The van der Waals surface area contributed by atoms with Crippen LogP contribution >= 0.6 is 23.2 Å². The van der Waals surface area contributed by atoms with Crippen LogP contribution in [0.2, 0.25) is 10.0 Å². The Morgan fingerprint density at radius 1 is 1.00 bits per heavy atom. The second-order valence-electron chi connectivity index (χ2n) is 8.96. The van der Waals surface area contributed by atoms with Crippen LogP contribution in [0.5, 0.6) is 5.75 Å². The van der Waals surface area contributed by atoms with Gasteiger partial charge in [-0.25, -0.2) is 9.18 Å². The van der Waals surface area contributed by atoms with Crippen LogP contribution in [0.25, 0.3) is 0 Å². The monoisotopic (exact) mass is 508 g/mol. The molecule has 2 amide bonds. The van der Waals surface area contributed by atoms with E-state index in [0.29, 0.717) is 47.1 Å². The number of ether oxygens (including phenoxy) is 1. The van der Waals surface area contributed by atoms with Gasteiger partial charge in [-0.3, -0.25) is 9.80 Å². The number of carbonyl (C=O) groups is 1. The predicted octanol–water partition coefficient (Wildman–Crippen LogP) is 5.07. The van der Waals surface area contributed by atoms with E-state index in [1.54, 1.807) is 30.3 Å². The molecule has 2 aliphatic heterocycles. The SMILES string of the molecule is O=C(Nc1ccc(Cl)c(Cl)c1)N1CCN(C[C@@H]2CCCN(CCOc3ccc(F)cc3)C2)CC1. The average molecular weight is 509 g/mol. The van der Waals surface area contributed by atoms with Crippen LogP contribution in [0.3, 0.4) is 0 Å². The lowest BCUT2D eigenvalue weighted by molar-refractivity contribution is 0.0945. The summed E-state index contributed by atoms with van der Waals surface area (Å²) in [5, 5.41) is 3.80. The summed E-state index contributed by atoms with van der Waals surface area (Å²) in [6.45, 7) is 7.83. The summed E-state index contributed by atoms with van der Waals surface area (Å²) in [5.74, 6) is 1.08. The maximum atomic E-state index is 13.0. The van der Waals surface area contributed by atoms with Crippen molar-refractivity contribution in [1.29, 1.82) is 0 Å². The van der Waals surface area contributed by atoms with Gasteiger partial charge >= 0.3 is 6.03 Å². The highest BCUT2D eigenvalue weighted by Gasteiger charge is 2.26. The summed E-state index contributed by atoms with van der Waals surface area (Å²) >= 11 is 12.0. The van der Waals surface area contributed by atoms with Gasteiger partial charge in [-0.05, 0) is 67.8 Å². The molecule has 1 N–H and O–H groups in total. The summed E-state index contributed by atoms with van der Waals surface area (Å²) < 4.78 is 18.8. The quantitative estimate of drug-likeness (QED) is 0.566. The van der Waals surface area contributed by atoms with E-state index in [1.165, 1.54) is 25.0 Å². The molecule has 0 saturated carbocycles. The molecule has 6 nitrogen and oxygen atoms in total. The van der Waals surface area contributed by atoms with Gasteiger partial charge in [-0.2, -0.15) is 0 Å². The van der Waals surface area contributed by atoms with Crippen LogP contribution in [0.1, 0.15) is 12.8 Å². The summed E-state index contributed by atoms with van der Waals surface area (Å²) in [6.07, 6.45) is 2.42. The van der Waals surface area contributed by atoms with Crippen molar-refractivity contribution in [2.24, 2.45) is 5.92 Å². The largest absolute Gasteiger partial charge is 0.492 e. The number of nitrogens with one attached hydrogen (secondary N) is 1. The van der Waals surface area contributed by atoms with Gasteiger partial charge in [-0.1, -0.05) is 23.2 Å². The maximum Gasteiger partial charge on any atom is 0.321 e. The number of nitrogens with zero attached hydrogens (tertiary/aromatic N) is 3. The van der Waals surface area contributed by atoms with Gasteiger partial charge in [-0.15, -0.1) is 0 Å². The highest BCUT2D eigenvalue weighted by Crippen LogP contribution is 2.25. The van der Waals surface area contributed by atoms with Crippen molar-refractivity contribution < 1.29 is 13.9 Å². The van der Waals surface area contributed by atoms with E-state index in [9.17, 15) is 9.18 Å². The van der Waals surface area contributed by atoms with Crippen molar-refractivity contribution in [3.63, 3.8) is 0 Å². The van der Waals surface area contributed by atoms with Gasteiger partial charge in [0.1, 0.15) is 18.2 Å². The van der Waals surface area contributed by atoms with Crippen molar-refractivity contribution in [1.82, 2.24) is 14.7 Å². The molecule has 2 aromatic rings. The Balaban J connectivity index is 1.16.